The minimum absolute atomic E-state index is 0.354. The number of hydrogen-bond acceptors (Lipinski definition) is 5. The van der Waals surface area contributed by atoms with Crippen LogP contribution in [-0.2, 0) is 23.3 Å². The van der Waals surface area contributed by atoms with Gasteiger partial charge in [-0.15, -0.1) is 0 Å². The van der Waals surface area contributed by atoms with Gasteiger partial charge in [-0.1, -0.05) is 0 Å². The number of ether oxygens (including phenoxy) is 3. The molecule has 0 aromatic heterocycles. The first-order valence-electron chi connectivity index (χ1n) is 6.68. The van der Waals surface area contributed by atoms with Crippen molar-refractivity contribution in [3.63, 3.8) is 0 Å². The molecule has 0 aromatic carbocycles. The summed E-state index contributed by atoms with van der Waals surface area (Å²) in [6.07, 6.45) is 1.63. The Morgan fingerprint density at radius 2 is 1.83 bits per heavy atom. The Balaban J connectivity index is 3.01. The molecule has 0 spiro atoms. The normalized spacial score (nSPS) is 24.1. The quantitative estimate of drug-likeness (QED) is 0.505. The van der Waals surface area contributed by atoms with Crippen LogP contribution < -0.4 is 0 Å². The summed E-state index contributed by atoms with van der Waals surface area (Å²) in [5, 5.41) is 0. The smallest absolute Gasteiger partial charge is 0.288 e. The average molecular weight is 280 g/mol. The van der Waals surface area contributed by atoms with Crippen molar-refractivity contribution in [2.75, 3.05) is 26.4 Å². The molecule has 1 aliphatic rings. The highest BCUT2D eigenvalue weighted by atomic mass is 31.2. The third kappa shape index (κ3) is 3.14. The Kier molecular flexibility index (Phi) is 6.28. The number of hydrogen-bond donors (Lipinski definition) is 0. The zero-order chi connectivity index (χ0) is 13.6. The molecule has 18 heavy (non-hydrogen) atoms. The predicted molar refractivity (Wildman–Crippen MR) is 69.9 cm³/mol. The first-order chi connectivity index (χ1) is 8.54. The maximum absolute atomic E-state index is 13.2. The molecule has 1 fully saturated rings. The average Bonchev–Trinajstić information content (AvgIpc) is 2.83. The molecule has 0 amide bonds. The minimum Gasteiger partial charge on any atom is -0.368 e. The van der Waals surface area contributed by atoms with Gasteiger partial charge < -0.3 is 18.7 Å². The van der Waals surface area contributed by atoms with E-state index in [9.17, 15) is 4.57 Å². The van der Waals surface area contributed by atoms with Crippen LogP contribution in [-0.4, -0.2) is 37.8 Å². The van der Waals surface area contributed by atoms with Crippen molar-refractivity contribution < 1.29 is 23.3 Å². The van der Waals surface area contributed by atoms with Crippen LogP contribution in [0.15, 0.2) is 0 Å². The molecule has 0 radical (unpaired) electrons. The second-order valence-electron chi connectivity index (χ2n) is 4.25. The molecular formula is C12H25O5P. The van der Waals surface area contributed by atoms with E-state index in [0.29, 0.717) is 26.4 Å². The molecule has 2 unspecified atom stereocenters. The number of rotatable bonds is 8. The third-order valence-electron chi connectivity index (χ3n) is 3.00. The van der Waals surface area contributed by atoms with Gasteiger partial charge in [0.05, 0.1) is 6.61 Å². The molecule has 108 valence electrons. The molecule has 1 aliphatic heterocycles. The van der Waals surface area contributed by atoms with E-state index in [2.05, 4.69) is 0 Å². The van der Waals surface area contributed by atoms with E-state index in [0.717, 1.165) is 12.8 Å². The second kappa shape index (κ2) is 7.01. The molecule has 2 atom stereocenters. The maximum Gasteiger partial charge on any atom is 0.288 e. The van der Waals surface area contributed by atoms with Crippen molar-refractivity contribution in [1.82, 2.24) is 0 Å². The van der Waals surface area contributed by atoms with E-state index in [1.807, 2.05) is 20.8 Å². The zero-order valence-electron chi connectivity index (χ0n) is 11.8. The van der Waals surface area contributed by atoms with Crippen LogP contribution in [0, 0.1) is 0 Å². The molecule has 0 N–H and O–H groups in total. The van der Waals surface area contributed by atoms with Crippen molar-refractivity contribution in [3.8, 4) is 0 Å². The molecule has 6 heteroatoms. The zero-order valence-corrected chi connectivity index (χ0v) is 12.7. The van der Waals surface area contributed by atoms with Gasteiger partial charge in [-0.2, -0.15) is 0 Å². The van der Waals surface area contributed by atoms with Gasteiger partial charge in [0.1, 0.15) is 5.85 Å². The van der Waals surface area contributed by atoms with Gasteiger partial charge in [-0.3, -0.25) is 4.57 Å². The lowest BCUT2D eigenvalue weighted by Gasteiger charge is -2.38. The van der Waals surface area contributed by atoms with Gasteiger partial charge in [0.2, 0.25) is 5.53 Å². The van der Waals surface area contributed by atoms with E-state index in [4.69, 9.17) is 18.7 Å². The lowest BCUT2D eigenvalue weighted by Crippen LogP contribution is -2.37. The Hall–Kier alpha value is 0.0700. The summed E-state index contributed by atoms with van der Waals surface area (Å²) in [5.74, 6) is -0.416. The second-order valence-corrected chi connectivity index (χ2v) is 7.09. The van der Waals surface area contributed by atoms with Crippen molar-refractivity contribution in [2.45, 2.75) is 51.9 Å². The molecule has 1 heterocycles. The summed E-state index contributed by atoms with van der Waals surface area (Å²) in [6, 6.07) is 0. The summed E-state index contributed by atoms with van der Waals surface area (Å²) in [6.45, 7) is 9.02. The van der Waals surface area contributed by atoms with E-state index in [1.54, 1.807) is 6.92 Å². The van der Waals surface area contributed by atoms with Gasteiger partial charge in [-0.25, -0.2) is 0 Å². The summed E-state index contributed by atoms with van der Waals surface area (Å²) in [7, 11) is -3.19. The van der Waals surface area contributed by atoms with E-state index < -0.39 is 18.7 Å². The van der Waals surface area contributed by atoms with Gasteiger partial charge >= 0.3 is 0 Å². The largest absolute Gasteiger partial charge is 0.368 e. The summed E-state index contributed by atoms with van der Waals surface area (Å²) >= 11 is 0. The van der Waals surface area contributed by atoms with Gasteiger partial charge in [0, 0.05) is 19.8 Å². The minimum atomic E-state index is -3.19. The van der Waals surface area contributed by atoms with Crippen molar-refractivity contribution in [1.29, 1.82) is 0 Å². The van der Waals surface area contributed by atoms with Crippen LogP contribution >= 0.6 is 7.37 Å². The maximum atomic E-state index is 13.2. The SMILES string of the molecule is CCOC(C)(OCC)P(=O)(OCC)C1CCCO1. The lowest BCUT2D eigenvalue weighted by atomic mass is 10.4. The van der Waals surface area contributed by atoms with Crippen LogP contribution in [0.5, 0.6) is 0 Å². The third-order valence-corrected chi connectivity index (χ3v) is 6.19. The van der Waals surface area contributed by atoms with Crippen LogP contribution in [0.1, 0.15) is 40.5 Å². The molecule has 0 bridgehead atoms. The highest BCUT2D eigenvalue weighted by Gasteiger charge is 2.54. The molecular weight excluding hydrogens is 255 g/mol. The van der Waals surface area contributed by atoms with Crippen LogP contribution in [0.25, 0.3) is 0 Å². The molecule has 0 aliphatic carbocycles. The van der Waals surface area contributed by atoms with Crippen molar-refractivity contribution in [3.05, 3.63) is 0 Å². The fourth-order valence-electron chi connectivity index (χ4n) is 2.24. The fraction of sp³-hybridized carbons (Fsp3) is 1.00. The van der Waals surface area contributed by atoms with Gasteiger partial charge in [-0.05, 0) is 40.5 Å². The van der Waals surface area contributed by atoms with Gasteiger partial charge in [0.25, 0.3) is 7.37 Å². The van der Waals surface area contributed by atoms with Crippen molar-refractivity contribution >= 4 is 7.37 Å². The Labute approximate surface area is 110 Å². The standard InChI is InChI=1S/C12H25O5P/c1-5-15-12(4,16-6-2)18(13,17-7-3)11-9-8-10-14-11/h11H,5-10H2,1-4H3. The fourth-order valence-corrected chi connectivity index (χ4v) is 4.99. The Morgan fingerprint density at radius 3 is 2.22 bits per heavy atom. The van der Waals surface area contributed by atoms with E-state index in [1.165, 1.54) is 0 Å². The summed E-state index contributed by atoms with van der Waals surface area (Å²) in [5.41, 5.74) is -1.22. The monoisotopic (exact) mass is 280 g/mol. The summed E-state index contributed by atoms with van der Waals surface area (Å²) < 4.78 is 35.6. The highest BCUT2D eigenvalue weighted by Crippen LogP contribution is 2.65. The Morgan fingerprint density at radius 1 is 1.22 bits per heavy atom. The van der Waals surface area contributed by atoms with Crippen LogP contribution in [0.3, 0.4) is 0 Å². The van der Waals surface area contributed by atoms with Crippen LogP contribution in [0.4, 0.5) is 0 Å². The van der Waals surface area contributed by atoms with E-state index >= 15 is 0 Å². The predicted octanol–water partition coefficient (Wildman–Crippen LogP) is 3.18. The molecule has 0 saturated carbocycles. The van der Waals surface area contributed by atoms with E-state index in [-0.39, 0.29) is 0 Å². The van der Waals surface area contributed by atoms with Crippen molar-refractivity contribution in [2.24, 2.45) is 0 Å². The van der Waals surface area contributed by atoms with Crippen LogP contribution in [0.2, 0.25) is 0 Å². The highest BCUT2D eigenvalue weighted by molar-refractivity contribution is 7.60. The molecule has 0 aromatic rings. The summed E-state index contributed by atoms with van der Waals surface area (Å²) in [4.78, 5) is 0. The topological polar surface area (TPSA) is 54.0 Å². The molecule has 1 saturated heterocycles. The first kappa shape index (κ1) is 16.1. The van der Waals surface area contributed by atoms with Gasteiger partial charge in [0.15, 0.2) is 0 Å². The lowest BCUT2D eigenvalue weighted by molar-refractivity contribution is -0.170. The molecule has 1 rings (SSSR count). The Bertz CT molecular complexity index is 282. The molecule has 5 nitrogen and oxygen atoms in total. The first-order valence-corrected chi connectivity index (χ1v) is 8.37.